The summed E-state index contributed by atoms with van der Waals surface area (Å²) in [5, 5.41) is 7.74. The maximum Gasteiger partial charge on any atom is 0.150 e. The number of aryl methyl sites for hydroxylation is 1. The van der Waals surface area contributed by atoms with Gasteiger partial charge in [-0.25, -0.2) is 8.42 Å². The molecule has 0 saturated heterocycles. The van der Waals surface area contributed by atoms with E-state index in [2.05, 4.69) is 24.3 Å². The molecule has 0 amide bonds. The van der Waals surface area contributed by atoms with E-state index in [0.717, 1.165) is 18.8 Å². The van der Waals surface area contributed by atoms with Gasteiger partial charge in [-0.1, -0.05) is 20.8 Å². The molecule has 0 saturated carbocycles. The van der Waals surface area contributed by atoms with E-state index in [9.17, 15) is 8.42 Å². The predicted octanol–water partition coefficient (Wildman–Crippen LogP) is 1.76. The number of aromatic nitrogens is 2. The maximum absolute atomic E-state index is 11.4. The third-order valence-corrected chi connectivity index (χ3v) is 5.13. The molecular formula is C14H27N3O2S. The van der Waals surface area contributed by atoms with Crippen LogP contribution in [0, 0.1) is 12.8 Å². The van der Waals surface area contributed by atoms with E-state index in [1.165, 1.54) is 5.56 Å². The van der Waals surface area contributed by atoms with Gasteiger partial charge < -0.3 is 5.32 Å². The Labute approximate surface area is 122 Å². The highest BCUT2D eigenvalue weighted by atomic mass is 32.2. The van der Waals surface area contributed by atoms with E-state index in [1.54, 1.807) is 6.92 Å². The molecule has 6 heteroatoms. The minimum atomic E-state index is -2.87. The van der Waals surface area contributed by atoms with Crippen molar-refractivity contribution in [3.05, 3.63) is 17.5 Å². The van der Waals surface area contributed by atoms with Gasteiger partial charge in [-0.05, 0) is 25.8 Å². The summed E-state index contributed by atoms with van der Waals surface area (Å²) in [4.78, 5) is 0. The first kappa shape index (κ1) is 17.2. The first-order valence-electron chi connectivity index (χ1n) is 7.28. The summed E-state index contributed by atoms with van der Waals surface area (Å²) >= 11 is 0. The van der Waals surface area contributed by atoms with Crippen LogP contribution in [0.15, 0.2) is 6.20 Å². The van der Waals surface area contributed by atoms with Crippen LogP contribution in [0.4, 0.5) is 0 Å². The van der Waals surface area contributed by atoms with E-state index in [4.69, 9.17) is 0 Å². The van der Waals surface area contributed by atoms with Crippen molar-refractivity contribution >= 4 is 9.84 Å². The van der Waals surface area contributed by atoms with E-state index >= 15 is 0 Å². The fourth-order valence-corrected chi connectivity index (χ4v) is 2.82. The molecular weight excluding hydrogens is 274 g/mol. The van der Waals surface area contributed by atoms with Crippen LogP contribution >= 0.6 is 0 Å². The molecule has 0 bridgehead atoms. The lowest BCUT2D eigenvalue weighted by Crippen LogP contribution is -2.19. The molecule has 1 rings (SSSR count). The largest absolute Gasteiger partial charge is 0.312 e. The predicted molar refractivity (Wildman–Crippen MR) is 82.5 cm³/mol. The maximum atomic E-state index is 11.4. The number of nitrogens with zero attached hydrogens (tertiary/aromatic N) is 2. The first-order valence-corrected chi connectivity index (χ1v) is 9.10. The second kappa shape index (κ2) is 7.78. The summed E-state index contributed by atoms with van der Waals surface area (Å²) in [5.41, 5.74) is 2.30. The fraction of sp³-hybridized carbons (Fsp3) is 0.786. The summed E-state index contributed by atoms with van der Waals surface area (Å²) in [5.74, 6) is 1.09. The van der Waals surface area contributed by atoms with Crippen LogP contribution in [0.3, 0.4) is 0 Å². The third-order valence-electron chi connectivity index (χ3n) is 3.34. The fourth-order valence-electron chi connectivity index (χ4n) is 1.96. The summed E-state index contributed by atoms with van der Waals surface area (Å²) in [6.45, 7) is 10.5. The first-order chi connectivity index (χ1) is 9.35. The van der Waals surface area contributed by atoms with E-state index in [0.29, 0.717) is 18.9 Å². The Morgan fingerprint density at radius 1 is 1.40 bits per heavy atom. The average Bonchev–Trinajstić information content (AvgIpc) is 2.71. The summed E-state index contributed by atoms with van der Waals surface area (Å²) in [6.07, 6.45) is 2.49. The Bertz CT molecular complexity index is 506. The van der Waals surface area contributed by atoms with E-state index in [1.807, 2.05) is 17.8 Å². The molecule has 0 unspecified atom stereocenters. The molecule has 20 heavy (non-hydrogen) atoms. The van der Waals surface area contributed by atoms with Crippen molar-refractivity contribution in [2.24, 2.45) is 5.92 Å². The molecule has 0 atom stereocenters. The van der Waals surface area contributed by atoms with Crippen molar-refractivity contribution in [1.29, 1.82) is 0 Å². The topological polar surface area (TPSA) is 64.0 Å². The molecule has 0 radical (unpaired) electrons. The number of hydrogen-bond acceptors (Lipinski definition) is 4. The van der Waals surface area contributed by atoms with Gasteiger partial charge in [0, 0.05) is 30.1 Å². The van der Waals surface area contributed by atoms with Gasteiger partial charge in [0.05, 0.1) is 11.9 Å². The molecule has 1 N–H and O–H groups in total. The van der Waals surface area contributed by atoms with Crippen LogP contribution in [0.1, 0.15) is 38.4 Å². The molecule has 0 aliphatic heterocycles. The second-order valence-electron chi connectivity index (χ2n) is 5.59. The van der Waals surface area contributed by atoms with Crippen LogP contribution in [0.5, 0.6) is 0 Å². The Morgan fingerprint density at radius 3 is 2.70 bits per heavy atom. The highest BCUT2D eigenvalue weighted by Crippen LogP contribution is 2.08. The monoisotopic (exact) mass is 301 g/mol. The molecule has 0 aliphatic rings. The molecule has 0 fully saturated rings. The zero-order chi connectivity index (χ0) is 15.2. The summed E-state index contributed by atoms with van der Waals surface area (Å²) < 4.78 is 24.8. The Kier molecular flexibility index (Phi) is 6.68. The second-order valence-corrected chi connectivity index (χ2v) is 8.07. The van der Waals surface area contributed by atoms with Crippen molar-refractivity contribution in [2.75, 3.05) is 18.1 Å². The standard InChI is InChI=1S/C14H27N3O2S/c1-5-20(18,19)8-6-7-17-13(4)14(11-16-17)10-15-9-12(2)3/h11-12,15H,5-10H2,1-4H3. The van der Waals surface area contributed by atoms with Crippen molar-refractivity contribution in [1.82, 2.24) is 15.1 Å². The van der Waals surface area contributed by atoms with Gasteiger partial charge in [-0.2, -0.15) is 5.10 Å². The highest BCUT2D eigenvalue weighted by molar-refractivity contribution is 7.91. The van der Waals surface area contributed by atoms with Crippen molar-refractivity contribution < 1.29 is 8.42 Å². The van der Waals surface area contributed by atoms with Crippen LogP contribution in [-0.4, -0.2) is 36.2 Å². The molecule has 1 aromatic heterocycles. The van der Waals surface area contributed by atoms with Crippen LogP contribution in [-0.2, 0) is 22.9 Å². The van der Waals surface area contributed by atoms with Gasteiger partial charge in [0.25, 0.3) is 0 Å². The number of rotatable bonds is 9. The van der Waals surface area contributed by atoms with Gasteiger partial charge >= 0.3 is 0 Å². The Morgan fingerprint density at radius 2 is 2.10 bits per heavy atom. The zero-order valence-corrected chi connectivity index (χ0v) is 13.8. The number of sulfone groups is 1. The minimum Gasteiger partial charge on any atom is -0.312 e. The molecule has 116 valence electrons. The van der Waals surface area contributed by atoms with Crippen molar-refractivity contribution in [3.8, 4) is 0 Å². The van der Waals surface area contributed by atoms with Gasteiger partial charge in [-0.3, -0.25) is 4.68 Å². The highest BCUT2D eigenvalue weighted by Gasteiger charge is 2.09. The number of hydrogen-bond donors (Lipinski definition) is 1. The van der Waals surface area contributed by atoms with E-state index in [-0.39, 0.29) is 11.5 Å². The lowest BCUT2D eigenvalue weighted by atomic mass is 10.2. The lowest BCUT2D eigenvalue weighted by molar-refractivity contribution is 0.548. The normalized spacial score (nSPS) is 12.2. The summed E-state index contributed by atoms with van der Waals surface area (Å²) in [7, 11) is -2.87. The Hall–Kier alpha value is -0.880. The average molecular weight is 301 g/mol. The lowest BCUT2D eigenvalue weighted by Gasteiger charge is -2.08. The van der Waals surface area contributed by atoms with Crippen LogP contribution < -0.4 is 5.32 Å². The third kappa shape index (κ3) is 5.63. The molecule has 1 aromatic rings. The molecule has 0 spiro atoms. The van der Waals surface area contributed by atoms with Crippen LogP contribution in [0.25, 0.3) is 0 Å². The van der Waals surface area contributed by atoms with Gasteiger partial charge in [-0.15, -0.1) is 0 Å². The van der Waals surface area contributed by atoms with Gasteiger partial charge in [0.1, 0.15) is 9.84 Å². The smallest absolute Gasteiger partial charge is 0.150 e. The van der Waals surface area contributed by atoms with E-state index < -0.39 is 9.84 Å². The van der Waals surface area contributed by atoms with Crippen molar-refractivity contribution in [2.45, 2.75) is 47.2 Å². The molecule has 0 aliphatic carbocycles. The summed E-state index contributed by atoms with van der Waals surface area (Å²) in [6, 6.07) is 0. The van der Waals surface area contributed by atoms with Gasteiger partial charge in [0.15, 0.2) is 0 Å². The molecule has 0 aromatic carbocycles. The SMILES string of the molecule is CCS(=O)(=O)CCCn1ncc(CNCC(C)C)c1C. The Balaban J connectivity index is 2.46. The van der Waals surface area contributed by atoms with Gasteiger partial charge in [0.2, 0.25) is 0 Å². The minimum absolute atomic E-state index is 0.218. The number of nitrogens with one attached hydrogen (secondary N) is 1. The van der Waals surface area contributed by atoms with Crippen molar-refractivity contribution in [3.63, 3.8) is 0 Å². The molecule has 5 nitrogen and oxygen atoms in total. The molecule has 1 heterocycles. The zero-order valence-electron chi connectivity index (χ0n) is 13.0. The quantitative estimate of drug-likeness (QED) is 0.755. The van der Waals surface area contributed by atoms with Crippen LogP contribution in [0.2, 0.25) is 0 Å².